The van der Waals surface area contributed by atoms with E-state index in [1.54, 1.807) is 6.20 Å². The minimum Gasteiger partial charge on any atom is -0.313 e. The summed E-state index contributed by atoms with van der Waals surface area (Å²) < 4.78 is 30.4. The lowest BCUT2D eigenvalue weighted by Crippen LogP contribution is -1.97. The molecule has 0 radical (unpaired) electrons. The van der Waals surface area contributed by atoms with Crippen molar-refractivity contribution in [2.75, 3.05) is 5.32 Å². The standard InChI is InChI=1S/C11H8F2N6S/c1-5-7(4-15-18-5)9-16-11(20-19-9)17-10-8(13)2-6(12)3-14-10/h2-4H,1H3,(H,15,18)(H,14,16,17,19). The summed E-state index contributed by atoms with van der Waals surface area (Å²) in [6, 6.07) is 0.748. The Kier molecular flexibility index (Phi) is 3.11. The summed E-state index contributed by atoms with van der Waals surface area (Å²) in [6.45, 7) is 1.82. The predicted octanol–water partition coefficient (Wildman–Crippen LogP) is 2.65. The molecule has 0 amide bonds. The van der Waals surface area contributed by atoms with Gasteiger partial charge in [-0.15, -0.1) is 0 Å². The average molecular weight is 294 g/mol. The number of halogens is 2. The highest BCUT2D eigenvalue weighted by molar-refractivity contribution is 7.09. The van der Waals surface area contributed by atoms with Crippen LogP contribution in [0, 0.1) is 18.6 Å². The first-order valence-electron chi connectivity index (χ1n) is 5.56. The lowest BCUT2D eigenvalue weighted by molar-refractivity contribution is 0.576. The number of nitrogens with zero attached hydrogens (tertiary/aromatic N) is 4. The summed E-state index contributed by atoms with van der Waals surface area (Å²) in [5.41, 5.74) is 1.53. The molecule has 0 aromatic carbocycles. The zero-order valence-electron chi connectivity index (χ0n) is 10.2. The molecule has 102 valence electrons. The Balaban J connectivity index is 1.86. The SMILES string of the molecule is Cc1n[nH]cc1-c1nsc(Nc2ncc(F)cc2F)n1. The van der Waals surface area contributed by atoms with E-state index in [2.05, 4.69) is 29.9 Å². The van der Waals surface area contributed by atoms with Gasteiger partial charge >= 0.3 is 0 Å². The van der Waals surface area contributed by atoms with E-state index in [0.29, 0.717) is 11.0 Å². The Morgan fingerprint density at radius 2 is 2.20 bits per heavy atom. The predicted molar refractivity (Wildman–Crippen MR) is 69.7 cm³/mol. The Morgan fingerprint density at radius 1 is 1.35 bits per heavy atom. The Hall–Kier alpha value is -2.42. The van der Waals surface area contributed by atoms with Gasteiger partial charge in [-0.3, -0.25) is 5.10 Å². The number of hydrogen-bond donors (Lipinski definition) is 2. The monoisotopic (exact) mass is 294 g/mol. The summed E-state index contributed by atoms with van der Waals surface area (Å²) in [5.74, 6) is -1.15. The van der Waals surface area contributed by atoms with Gasteiger partial charge in [0.1, 0.15) is 5.82 Å². The zero-order chi connectivity index (χ0) is 14.1. The summed E-state index contributed by atoms with van der Waals surface area (Å²) in [7, 11) is 0. The quantitative estimate of drug-likeness (QED) is 0.776. The second-order valence-corrected chi connectivity index (χ2v) is 4.67. The first kappa shape index (κ1) is 12.6. The van der Waals surface area contributed by atoms with Crippen molar-refractivity contribution in [1.82, 2.24) is 24.5 Å². The van der Waals surface area contributed by atoms with Crippen LogP contribution in [-0.2, 0) is 0 Å². The van der Waals surface area contributed by atoms with Crippen molar-refractivity contribution in [3.8, 4) is 11.4 Å². The molecule has 0 aliphatic rings. The van der Waals surface area contributed by atoms with Crippen molar-refractivity contribution >= 4 is 22.5 Å². The van der Waals surface area contributed by atoms with Crippen LogP contribution < -0.4 is 5.32 Å². The van der Waals surface area contributed by atoms with Crippen LogP contribution in [0.15, 0.2) is 18.5 Å². The Bertz CT molecular complexity index is 753. The van der Waals surface area contributed by atoms with Crippen molar-refractivity contribution in [3.05, 3.63) is 35.8 Å². The van der Waals surface area contributed by atoms with E-state index in [9.17, 15) is 8.78 Å². The number of H-pyrrole nitrogens is 1. The fourth-order valence-corrected chi connectivity index (χ4v) is 2.16. The van der Waals surface area contributed by atoms with Crippen LogP contribution in [0.3, 0.4) is 0 Å². The maximum Gasteiger partial charge on any atom is 0.208 e. The number of nitrogens with one attached hydrogen (secondary N) is 2. The van der Waals surface area contributed by atoms with Crippen molar-refractivity contribution in [3.63, 3.8) is 0 Å². The molecule has 3 rings (SSSR count). The maximum absolute atomic E-state index is 13.5. The number of rotatable bonds is 3. The van der Waals surface area contributed by atoms with Gasteiger partial charge in [-0.1, -0.05) is 0 Å². The lowest BCUT2D eigenvalue weighted by Gasteiger charge is -2.01. The second-order valence-electron chi connectivity index (χ2n) is 3.92. The molecule has 0 unspecified atom stereocenters. The molecule has 3 heterocycles. The first-order chi connectivity index (χ1) is 9.63. The van der Waals surface area contributed by atoms with Crippen molar-refractivity contribution < 1.29 is 8.78 Å². The van der Waals surface area contributed by atoms with Crippen LogP contribution in [0.5, 0.6) is 0 Å². The molecule has 0 fully saturated rings. The molecule has 0 saturated carbocycles. The number of aromatic nitrogens is 5. The molecule has 3 aromatic heterocycles. The normalized spacial score (nSPS) is 10.8. The van der Waals surface area contributed by atoms with Gasteiger partial charge in [0.2, 0.25) is 5.13 Å². The van der Waals surface area contributed by atoms with E-state index in [-0.39, 0.29) is 5.82 Å². The van der Waals surface area contributed by atoms with E-state index in [1.165, 1.54) is 0 Å². The number of hydrogen-bond acceptors (Lipinski definition) is 6. The van der Waals surface area contributed by atoms with Crippen molar-refractivity contribution in [2.24, 2.45) is 0 Å². The van der Waals surface area contributed by atoms with Gasteiger partial charge in [0, 0.05) is 23.8 Å². The third kappa shape index (κ3) is 2.35. The van der Waals surface area contributed by atoms with Gasteiger partial charge < -0.3 is 5.32 Å². The molecule has 9 heteroatoms. The van der Waals surface area contributed by atoms with Crippen LogP contribution in [0.25, 0.3) is 11.4 Å². The van der Waals surface area contributed by atoms with Gasteiger partial charge in [-0.2, -0.15) is 14.5 Å². The summed E-state index contributed by atoms with van der Waals surface area (Å²) in [4.78, 5) is 7.83. The number of pyridine rings is 1. The zero-order valence-corrected chi connectivity index (χ0v) is 11.0. The van der Waals surface area contributed by atoms with Crippen LogP contribution in [0.1, 0.15) is 5.69 Å². The first-order valence-corrected chi connectivity index (χ1v) is 6.33. The third-order valence-electron chi connectivity index (χ3n) is 2.53. The van der Waals surface area contributed by atoms with Crippen LogP contribution in [0.4, 0.5) is 19.7 Å². The maximum atomic E-state index is 13.5. The minimum absolute atomic E-state index is 0.0991. The number of aromatic amines is 1. The summed E-state index contributed by atoms with van der Waals surface area (Å²) in [6.07, 6.45) is 2.60. The molecule has 0 atom stereocenters. The van der Waals surface area contributed by atoms with Gasteiger partial charge in [-0.25, -0.2) is 13.8 Å². The molecule has 6 nitrogen and oxygen atoms in total. The topological polar surface area (TPSA) is 79.4 Å². The molecule has 3 aromatic rings. The van der Waals surface area contributed by atoms with Gasteiger partial charge in [0.05, 0.1) is 17.5 Å². The van der Waals surface area contributed by atoms with E-state index in [1.807, 2.05) is 6.92 Å². The second kappa shape index (κ2) is 4.93. The Morgan fingerprint density at radius 3 is 2.90 bits per heavy atom. The van der Waals surface area contributed by atoms with Crippen LogP contribution >= 0.6 is 11.5 Å². The third-order valence-corrected chi connectivity index (χ3v) is 3.16. The molecule has 20 heavy (non-hydrogen) atoms. The van der Waals surface area contributed by atoms with Crippen molar-refractivity contribution in [2.45, 2.75) is 6.92 Å². The minimum atomic E-state index is -0.791. The van der Waals surface area contributed by atoms with E-state index >= 15 is 0 Å². The molecular formula is C11H8F2N6S. The number of anilines is 2. The van der Waals surface area contributed by atoms with Gasteiger partial charge in [0.15, 0.2) is 17.5 Å². The number of aryl methyl sites for hydroxylation is 1. The molecule has 0 spiro atoms. The van der Waals surface area contributed by atoms with Crippen LogP contribution in [0.2, 0.25) is 0 Å². The molecule has 0 aliphatic carbocycles. The van der Waals surface area contributed by atoms with Gasteiger partial charge in [0.25, 0.3) is 0 Å². The largest absolute Gasteiger partial charge is 0.313 e. The highest BCUT2D eigenvalue weighted by atomic mass is 32.1. The molecule has 0 saturated heterocycles. The van der Waals surface area contributed by atoms with Gasteiger partial charge in [-0.05, 0) is 6.92 Å². The highest BCUT2D eigenvalue weighted by Crippen LogP contribution is 2.25. The Labute approximate surface area is 116 Å². The van der Waals surface area contributed by atoms with E-state index in [4.69, 9.17) is 0 Å². The van der Waals surface area contributed by atoms with Crippen molar-refractivity contribution in [1.29, 1.82) is 0 Å². The van der Waals surface area contributed by atoms with E-state index in [0.717, 1.165) is 35.1 Å². The summed E-state index contributed by atoms with van der Waals surface area (Å²) >= 11 is 1.05. The average Bonchev–Trinajstić information content (AvgIpc) is 3.01. The molecule has 2 N–H and O–H groups in total. The fraction of sp³-hybridized carbons (Fsp3) is 0.0909. The van der Waals surface area contributed by atoms with Crippen LogP contribution in [-0.4, -0.2) is 24.5 Å². The lowest BCUT2D eigenvalue weighted by atomic mass is 10.2. The molecule has 0 aliphatic heterocycles. The summed E-state index contributed by atoms with van der Waals surface area (Å²) in [5, 5.41) is 9.71. The van der Waals surface area contributed by atoms with E-state index < -0.39 is 11.6 Å². The smallest absolute Gasteiger partial charge is 0.208 e. The highest BCUT2D eigenvalue weighted by Gasteiger charge is 2.13. The fourth-order valence-electron chi connectivity index (χ4n) is 1.58. The molecular weight excluding hydrogens is 286 g/mol. The molecule has 0 bridgehead atoms.